The minimum atomic E-state index is -0.476. The molecule has 0 aromatic heterocycles. The average Bonchev–Trinajstić information content (AvgIpc) is 2.44. The molecule has 4 heteroatoms. The Morgan fingerprint density at radius 3 is 2.45 bits per heavy atom. The van der Waals surface area contributed by atoms with Crippen molar-refractivity contribution in [3.8, 4) is 0 Å². The number of hydrogen-bond donors (Lipinski definition) is 1. The lowest BCUT2D eigenvalue weighted by molar-refractivity contribution is -0.136. The molecule has 1 heterocycles. The van der Waals surface area contributed by atoms with Crippen LogP contribution in [-0.4, -0.2) is 43.0 Å². The van der Waals surface area contributed by atoms with Crippen molar-refractivity contribution in [2.24, 2.45) is 0 Å². The summed E-state index contributed by atoms with van der Waals surface area (Å²) in [5, 5.41) is 3.32. The van der Waals surface area contributed by atoms with Gasteiger partial charge in [-0.1, -0.05) is 19.1 Å². The van der Waals surface area contributed by atoms with E-state index >= 15 is 0 Å². The molecule has 1 N–H and O–H groups in total. The molecule has 20 heavy (non-hydrogen) atoms. The number of likely N-dealkylation sites (N-methyl/N-ethyl adjacent to an activating group) is 1. The average molecular weight is 275 g/mol. The van der Waals surface area contributed by atoms with E-state index in [-0.39, 0.29) is 5.91 Å². The Balaban J connectivity index is 2.16. The standard InChI is InChI=1S/C16H25N3O/c1-5-17-12-13-6-8-14(9-7-13)19-11-10-18(4)15(20)16(19,2)3/h6-9,17H,5,10-12H2,1-4H3. The lowest BCUT2D eigenvalue weighted by Crippen LogP contribution is -2.62. The predicted octanol–water partition coefficient (Wildman–Crippen LogP) is 1.85. The molecule has 2 rings (SSSR count). The third-order valence-corrected chi connectivity index (χ3v) is 4.03. The molecule has 1 amide bonds. The lowest BCUT2D eigenvalue weighted by Gasteiger charge is -2.46. The van der Waals surface area contributed by atoms with Gasteiger partial charge in [-0.25, -0.2) is 0 Å². The van der Waals surface area contributed by atoms with E-state index in [2.05, 4.69) is 41.4 Å². The van der Waals surface area contributed by atoms with Crippen LogP contribution in [0, 0.1) is 0 Å². The van der Waals surface area contributed by atoms with Crippen molar-refractivity contribution in [3.05, 3.63) is 29.8 Å². The smallest absolute Gasteiger partial charge is 0.247 e. The maximum Gasteiger partial charge on any atom is 0.247 e. The molecule has 1 fully saturated rings. The van der Waals surface area contributed by atoms with Crippen LogP contribution < -0.4 is 10.2 Å². The summed E-state index contributed by atoms with van der Waals surface area (Å²) >= 11 is 0. The summed E-state index contributed by atoms with van der Waals surface area (Å²) in [7, 11) is 1.88. The Morgan fingerprint density at radius 1 is 1.20 bits per heavy atom. The third-order valence-electron chi connectivity index (χ3n) is 4.03. The normalized spacial score (nSPS) is 18.5. The van der Waals surface area contributed by atoms with Crippen LogP contribution in [0.25, 0.3) is 0 Å². The second-order valence-electron chi connectivity index (χ2n) is 5.88. The highest BCUT2D eigenvalue weighted by molar-refractivity contribution is 5.90. The Morgan fingerprint density at radius 2 is 1.85 bits per heavy atom. The molecule has 0 saturated carbocycles. The topological polar surface area (TPSA) is 35.6 Å². The molecular weight excluding hydrogens is 250 g/mol. The summed E-state index contributed by atoms with van der Waals surface area (Å²) in [5.41, 5.74) is 1.92. The van der Waals surface area contributed by atoms with Crippen molar-refractivity contribution in [1.29, 1.82) is 0 Å². The maximum atomic E-state index is 12.3. The fraction of sp³-hybridized carbons (Fsp3) is 0.562. The zero-order chi connectivity index (χ0) is 14.8. The fourth-order valence-electron chi connectivity index (χ4n) is 2.73. The molecule has 1 aliphatic rings. The minimum Gasteiger partial charge on any atom is -0.356 e. The molecule has 110 valence electrons. The SMILES string of the molecule is CCNCc1ccc(N2CCN(C)C(=O)C2(C)C)cc1. The largest absolute Gasteiger partial charge is 0.356 e. The molecule has 1 aromatic carbocycles. The minimum absolute atomic E-state index is 0.181. The highest BCUT2D eigenvalue weighted by Gasteiger charge is 2.40. The number of piperazine rings is 1. The highest BCUT2D eigenvalue weighted by Crippen LogP contribution is 2.28. The molecule has 0 unspecified atom stereocenters. The van der Waals surface area contributed by atoms with Crippen LogP contribution in [0.15, 0.2) is 24.3 Å². The van der Waals surface area contributed by atoms with Crippen molar-refractivity contribution in [3.63, 3.8) is 0 Å². The monoisotopic (exact) mass is 275 g/mol. The molecular formula is C16H25N3O. The van der Waals surface area contributed by atoms with Gasteiger partial charge in [0.25, 0.3) is 0 Å². The lowest BCUT2D eigenvalue weighted by atomic mass is 9.96. The summed E-state index contributed by atoms with van der Waals surface area (Å²) in [6.07, 6.45) is 0. The van der Waals surface area contributed by atoms with Crippen LogP contribution >= 0.6 is 0 Å². The van der Waals surface area contributed by atoms with E-state index in [1.165, 1.54) is 5.56 Å². The van der Waals surface area contributed by atoms with Crippen LogP contribution in [0.3, 0.4) is 0 Å². The van der Waals surface area contributed by atoms with E-state index in [1.807, 2.05) is 25.8 Å². The van der Waals surface area contributed by atoms with Crippen molar-refractivity contribution in [1.82, 2.24) is 10.2 Å². The first kappa shape index (κ1) is 14.9. The van der Waals surface area contributed by atoms with Gasteiger partial charge < -0.3 is 15.1 Å². The van der Waals surface area contributed by atoms with E-state index < -0.39 is 5.54 Å². The van der Waals surface area contributed by atoms with Gasteiger partial charge in [0.05, 0.1) is 0 Å². The summed E-state index contributed by atoms with van der Waals surface area (Å²) < 4.78 is 0. The fourth-order valence-corrected chi connectivity index (χ4v) is 2.73. The number of anilines is 1. The van der Waals surface area contributed by atoms with Gasteiger partial charge in [-0.15, -0.1) is 0 Å². The number of rotatable bonds is 4. The molecule has 1 aliphatic heterocycles. The quantitative estimate of drug-likeness (QED) is 0.911. The van der Waals surface area contributed by atoms with Crippen LogP contribution in [0.2, 0.25) is 0 Å². The van der Waals surface area contributed by atoms with Gasteiger partial charge in [-0.2, -0.15) is 0 Å². The first-order valence-electron chi connectivity index (χ1n) is 7.29. The predicted molar refractivity (Wildman–Crippen MR) is 82.9 cm³/mol. The number of amides is 1. The molecule has 0 bridgehead atoms. The Labute approximate surface area is 121 Å². The number of nitrogens with zero attached hydrogens (tertiary/aromatic N) is 2. The second-order valence-corrected chi connectivity index (χ2v) is 5.88. The Kier molecular flexibility index (Phi) is 4.33. The molecule has 1 aromatic rings. The van der Waals surface area contributed by atoms with E-state index in [9.17, 15) is 4.79 Å². The second kappa shape index (κ2) is 5.83. The first-order chi connectivity index (χ1) is 9.46. The maximum absolute atomic E-state index is 12.3. The van der Waals surface area contributed by atoms with Gasteiger partial charge in [0.15, 0.2) is 0 Å². The number of carbonyl (C=O) groups excluding carboxylic acids is 1. The van der Waals surface area contributed by atoms with Crippen LogP contribution in [-0.2, 0) is 11.3 Å². The van der Waals surface area contributed by atoms with Gasteiger partial charge in [-0.3, -0.25) is 4.79 Å². The number of nitrogens with one attached hydrogen (secondary N) is 1. The van der Waals surface area contributed by atoms with E-state index in [0.29, 0.717) is 0 Å². The van der Waals surface area contributed by atoms with E-state index in [1.54, 1.807) is 0 Å². The highest BCUT2D eigenvalue weighted by atomic mass is 16.2. The molecule has 0 radical (unpaired) electrons. The summed E-state index contributed by atoms with van der Waals surface area (Å²) in [5.74, 6) is 0.181. The van der Waals surface area contributed by atoms with E-state index in [0.717, 1.165) is 31.9 Å². The van der Waals surface area contributed by atoms with Gasteiger partial charge >= 0.3 is 0 Å². The van der Waals surface area contributed by atoms with Gasteiger partial charge in [0, 0.05) is 32.4 Å². The Bertz CT molecular complexity index is 467. The number of carbonyl (C=O) groups is 1. The number of hydrogen-bond acceptors (Lipinski definition) is 3. The molecule has 0 atom stereocenters. The first-order valence-corrected chi connectivity index (χ1v) is 7.29. The van der Waals surface area contributed by atoms with Crippen molar-refractivity contribution in [2.75, 3.05) is 31.6 Å². The Hall–Kier alpha value is -1.55. The van der Waals surface area contributed by atoms with Gasteiger partial charge in [0.2, 0.25) is 5.91 Å². The summed E-state index contributed by atoms with van der Waals surface area (Å²) in [6, 6.07) is 8.51. The molecule has 4 nitrogen and oxygen atoms in total. The summed E-state index contributed by atoms with van der Waals surface area (Å²) in [4.78, 5) is 16.3. The third kappa shape index (κ3) is 2.80. The van der Waals surface area contributed by atoms with Crippen LogP contribution in [0.1, 0.15) is 26.3 Å². The summed E-state index contributed by atoms with van der Waals surface area (Å²) in [6.45, 7) is 9.62. The van der Waals surface area contributed by atoms with Crippen LogP contribution in [0.4, 0.5) is 5.69 Å². The van der Waals surface area contributed by atoms with Crippen molar-refractivity contribution >= 4 is 11.6 Å². The van der Waals surface area contributed by atoms with Crippen molar-refractivity contribution < 1.29 is 4.79 Å². The zero-order valence-corrected chi connectivity index (χ0v) is 12.9. The molecule has 0 aliphatic carbocycles. The van der Waals surface area contributed by atoms with Gasteiger partial charge in [-0.05, 0) is 38.1 Å². The van der Waals surface area contributed by atoms with E-state index in [4.69, 9.17) is 0 Å². The van der Waals surface area contributed by atoms with Gasteiger partial charge in [0.1, 0.15) is 5.54 Å². The number of benzene rings is 1. The van der Waals surface area contributed by atoms with Crippen LogP contribution in [0.5, 0.6) is 0 Å². The zero-order valence-electron chi connectivity index (χ0n) is 12.9. The van der Waals surface area contributed by atoms with Crippen molar-refractivity contribution in [2.45, 2.75) is 32.9 Å². The molecule has 0 spiro atoms. The molecule has 1 saturated heterocycles.